The van der Waals surface area contributed by atoms with Crippen molar-refractivity contribution in [2.24, 2.45) is 23.3 Å². The second-order valence-electron chi connectivity index (χ2n) is 28.7. The molecule has 5 aromatic rings. The Hall–Kier alpha value is -3.16. The van der Waals surface area contributed by atoms with Crippen LogP contribution in [0, 0.1) is 11.8 Å². The normalized spacial score (nSPS) is 14.6. The summed E-state index contributed by atoms with van der Waals surface area (Å²) in [5.74, 6) is 0.748. The minimum atomic E-state index is -0.445. The van der Waals surface area contributed by atoms with Crippen LogP contribution in [0.1, 0.15) is 332 Å². The smallest absolute Gasteiger partial charge is 0.261 e. The van der Waals surface area contributed by atoms with Crippen molar-refractivity contribution in [2.45, 2.75) is 323 Å². The van der Waals surface area contributed by atoms with Gasteiger partial charge in [-0.2, -0.15) is 0 Å². The van der Waals surface area contributed by atoms with Crippen LogP contribution >= 0.6 is 56.7 Å². The number of fused-ring (bicyclic) bond motifs is 1. The summed E-state index contributed by atoms with van der Waals surface area (Å²) < 4.78 is 0. The van der Waals surface area contributed by atoms with Crippen LogP contribution in [0.2, 0.25) is 0 Å². The van der Waals surface area contributed by atoms with Crippen LogP contribution in [0.3, 0.4) is 0 Å². The zero-order valence-electron chi connectivity index (χ0n) is 58.5. The first-order chi connectivity index (χ1) is 44.2. The number of carbonyl (C=O) groups excluding carboxylic acids is 2. The van der Waals surface area contributed by atoms with Crippen LogP contribution in [0.25, 0.3) is 40.7 Å². The van der Waals surface area contributed by atoms with Gasteiger partial charge in [-0.3, -0.25) is 9.59 Å². The molecule has 0 bridgehead atoms. The van der Waals surface area contributed by atoms with Gasteiger partial charge in [0.1, 0.15) is 0 Å². The Morgan fingerprint density at radius 2 is 0.516 bits per heavy atom. The average Bonchev–Trinajstić information content (AvgIpc) is 1.55. The number of amides is 2. The van der Waals surface area contributed by atoms with Gasteiger partial charge in [-0.15, -0.1) is 56.7 Å². The van der Waals surface area contributed by atoms with Crippen molar-refractivity contribution in [3.8, 4) is 29.3 Å². The van der Waals surface area contributed by atoms with Crippen LogP contribution in [-0.4, -0.2) is 34.7 Å². The van der Waals surface area contributed by atoms with Crippen molar-refractivity contribution in [1.82, 2.24) is 9.80 Å². The summed E-state index contributed by atoms with van der Waals surface area (Å²) >= 11 is 8.86. The van der Waals surface area contributed by atoms with E-state index >= 15 is 9.59 Å². The molecule has 7 heterocycles. The Kier molecular flexibility index (Phi) is 33.4. The van der Waals surface area contributed by atoms with Crippen LogP contribution in [-0.2, 0) is 20.7 Å². The first-order valence-corrected chi connectivity index (χ1v) is 41.5. The van der Waals surface area contributed by atoms with Gasteiger partial charge in [0.2, 0.25) is 0 Å². The number of thiophene rings is 5. The standard InChI is InChI=1S/C80H124N4O2S5/c1-9-13-17-21-25-29-31-35-39-43-47-61(45-41-37-33-27-23-19-15-11-3)59-83-75(69-53-51-64(88-69)63-49-50-65(87-63)67-55-57-71(90-67)79(5,6)81)73-74(78(83)86)76(70-54-52-66(89-70)68-56-58-72(91-68)80(7,8)82)84(77(73)85)60-62(46-42-38-34-28-24-20-16-12-4)48-44-40-36-32-30-26-22-18-14-10-2/h49-58,61-62H,9-48,59-60,81-82H2,1-8H3. The number of carbonyl (C=O) groups is 2. The highest BCUT2D eigenvalue weighted by atomic mass is 32.1. The van der Waals surface area contributed by atoms with E-state index in [-0.39, 0.29) is 11.8 Å². The van der Waals surface area contributed by atoms with Crippen molar-refractivity contribution in [2.75, 3.05) is 13.1 Å². The summed E-state index contributed by atoms with van der Waals surface area (Å²) in [5, 5.41) is 0. The molecule has 0 fully saturated rings. The van der Waals surface area contributed by atoms with Gasteiger partial charge in [0.25, 0.3) is 11.8 Å². The number of nitrogens with zero attached hydrogens (tertiary/aromatic N) is 2. The van der Waals surface area contributed by atoms with Gasteiger partial charge >= 0.3 is 0 Å². The summed E-state index contributed by atoms with van der Waals surface area (Å²) in [6.07, 6.45) is 51.4. The zero-order valence-corrected chi connectivity index (χ0v) is 62.6. The van der Waals surface area contributed by atoms with E-state index in [4.69, 9.17) is 11.5 Å². The average molecular weight is 1330 g/mol. The molecule has 0 saturated carbocycles. The van der Waals surface area contributed by atoms with Crippen LogP contribution in [0.5, 0.6) is 0 Å². The third kappa shape index (κ3) is 23.9. The number of nitrogens with two attached hydrogens (primary N) is 2. The molecular weight excluding hydrogens is 1210 g/mol. The minimum Gasteiger partial charge on any atom is -0.321 e. The van der Waals surface area contributed by atoms with Crippen molar-refractivity contribution in [3.05, 3.63) is 91.3 Å². The van der Waals surface area contributed by atoms with Crippen LogP contribution in [0.4, 0.5) is 0 Å². The van der Waals surface area contributed by atoms with E-state index in [0.717, 1.165) is 56.6 Å². The molecule has 0 aromatic carbocycles. The highest BCUT2D eigenvalue weighted by molar-refractivity contribution is 7.26. The summed E-state index contributed by atoms with van der Waals surface area (Å²) in [6.45, 7) is 18.8. The van der Waals surface area contributed by atoms with E-state index in [1.54, 1.807) is 45.3 Å². The largest absolute Gasteiger partial charge is 0.321 e. The molecule has 5 aromatic heterocycles. The third-order valence-corrected chi connectivity index (χ3v) is 26.1. The fourth-order valence-corrected chi connectivity index (χ4v) is 19.3. The Balaban J connectivity index is 1.26. The predicted molar refractivity (Wildman–Crippen MR) is 405 cm³/mol. The van der Waals surface area contributed by atoms with E-state index in [9.17, 15) is 0 Å². The number of hydrogen-bond donors (Lipinski definition) is 2. The number of rotatable bonds is 51. The molecule has 2 amide bonds. The molecule has 506 valence electrons. The number of hydrogen-bond acceptors (Lipinski definition) is 9. The number of unbranched alkanes of at least 4 members (excludes halogenated alkanes) is 32. The Morgan fingerprint density at radius 1 is 0.308 bits per heavy atom. The summed E-state index contributed by atoms with van der Waals surface area (Å²) in [6, 6.07) is 22.2. The summed E-state index contributed by atoms with van der Waals surface area (Å²) in [4.78, 5) is 48.5. The maximum Gasteiger partial charge on any atom is 0.261 e. The lowest BCUT2D eigenvalue weighted by atomic mass is 9.93. The summed E-state index contributed by atoms with van der Waals surface area (Å²) in [5.41, 5.74) is 15.4. The van der Waals surface area contributed by atoms with Crippen molar-refractivity contribution < 1.29 is 9.59 Å². The van der Waals surface area contributed by atoms with Gasteiger partial charge in [0.15, 0.2) is 0 Å². The predicted octanol–water partition coefficient (Wildman–Crippen LogP) is 26.1. The van der Waals surface area contributed by atoms with E-state index in [2.05, 4.69) is 126 Å². The monoisotopic (exact) mass is 1330 g/mol. The maximum atomic E-state index is 16.4. The molecular formula is C80H124N4O2S5. The Bertz CT molecular complexity index is 2930. The SMILES string of the molecule is CCCCCCCCCCCCC(CCCCCCCCCC)CN1C(=O)C2=C(c3ccc(-c4ccc(C(C)(C)N)s4)s3)N(CC(CCCCCCCCCC)CCCCCCCCCCCC)C(=O)C2=C1c1ccc(-c2ccc(-c3ccc(C(C)(C)N)s3)s2)s1. The molecule has 7 rings (SSSR count). The first-order valence-electron chi connectivity index (χ1n) is 37.4. The van der Waals surface area contributed by atoms with E-state index in [0.29, 0.717) is 36.1 Å². The lowest BCUT2D eigenvalue weighted by Gasteiger charge is -2.29. The van der Waals surface area contributed by atoms with Crippen molar-refractivity contribution in [1.29, 1.82) is 0 Å². The molecule has 2 aliphatic rings. The zero-order chi connectivity index (χ0) is 64.9. The second-order valence-corrected chi connectivity index (χ2v) is 34.2. The maximum absolute atomic E-state index is 16.4. The van der Waals surface area contributed by atoms with E-state index < -0.39 is 11.1 Å². The molecule has 6 nitrogen and oxygen atoms in total. The molecule has 11 heteroatoms. The van der Waals surface area contributed by atoms with Crippen molar-refractivity contribution >= 4 is 79.9 Å². The van der Waals surface area contributed by atoms with Gasteiger partial charge < -0.3 is 21.3 Å². The Labute approximate surface area is 575 Å². The quantitative estimate of drug-likeness (QED) is 0.0380. The molecule has 0 radical (unpaired) electrons. The third-order valence-electron chi connectivity index (χ3n) is 19.4. The fourth-order valence-electron chi connectivity index (χ4n) is 13.8. The van der Waals surface area contributed by atoms with Gasteiger partial charge in [-0.1, -0.05) is 259 Å². The first kappa shape index (κ1) is 75.2. The lowest BCUT2D eigenvalue weighted by molar-refractivity contribution is -0.124. The topological polar surface area (TPSA) is 92.7 Å². The minimum absolute atomic E-state index is 0.0251. The van der Waals surface area contributed by atoms with E-state index in [1.807, 2.05) is 11.3 Å². The van der Waals surface area contributed by atoms with Crippen molar-refractivity contribution in [3.63, 3.8) is 0 Å². The molecule has 4 N–H and O–H groups in total. The molecule has 2 aliphatic heterocycles. The highest BCUT2D eigenvalue weighted by Crippen LogP contribution is 2.52. The fraction of sp³-hybridized carbons (Fsp3) is 0.675. The van der Waals surface area contributed by atoms with Gasteiger partial charge in [-0.05, 0) is 126 Å². The summed E-state index contributed by atoms with van der Waals surface area (Å²) in [7, 11) is 0. The van der Waals surface area contributed by atoms with E-state index in [1.165, 1.54) is 260 Å². The molecule has 0 aliphatic carbocycles. The molecule has 2 atom stereocenters. The molecule has 2 unspecified atom stereocenters. The second kappa shape index (κ2) is 40.4. The van der Waals surface area contributed by atoms with Crippen LogP contribution < -0.4 is 11.5 Å². The van der Waals surface area contributed by atoms with Gasteiger partial charge in [-0.25, -0.2) is 0 Å². The van der Waals surface area contributed by atoms with Gasteiger partial charge in [0.05, 0.1) is 32.3 Å². The van der Waals surface area contributed by atoms with Crippen LogP contribution in [0.15, 0.2) is 71.8 Å². The highest BCUT2D eigenvalue weighted by Gasteiger charge is 2.50. The lowest BCUT2D eigenvalue weighted by Crippen LogP contribution is -2.34. The van der Waals surface area contributed by atoms with Gasteiger partial charge in [0, 0.05) is 63.2 Å². The molecule has 0 spiro atoms. The molecule has 91 heavy (non-hydrogen) atoms. The molecule has 0 saturated heterocycles. The Morgan fingerprint density at radius 3 is 0.758 bits per heavy atom.